The SMILES string of the molecule is COc1ccc(C(=O)Nc2nnc(-c3ccco3)o2)c(Cl)c1. The Labute approximate surface area is 129 Å². The largest absolute Gasteiger partial charge is 0.497 e. The molecule has 3 aromatic rings. The van der Waals surface area contributed by atoms with E-state index in [1.54, 1.807) is 30.3 Å². The Morgan fingerprint density at radius 1 is 1.32 bits per heavy atom. The minimum atomic E-state index is -0.470. The van der Waals surface area contributed by atoms with E-state index in [1.165, 1.54) is 13.4 Å². The fraction of sp³-hybridized carbons (Fsp3) is 0.0714. The van der Waals surface area contributed by atoms with Crippen molar-refractivity contribution < 1.29 is 18.4 Å². The fourth-order valence-corrected chi connectivity index (χ4v) is 2.00. The van der Waals surface area contributed by atoms with Gasteiger partial charge >= 0.3 is 6.01 Å². The van der Waals surface area contributed by atoms with Crippen molar-refractivity contribution in [2.75, 3.05) is 12.4 Å². The molecule has 0 saturated carbocycles. The Bertz CT molecular complexity index is 798. The maximum atomic E-state index is 12.1. The number of carbonyl (C=O) groups is 1. The van der Waals surface area contributed by atoms with E-state index in [4.69, 9.17) is 25.2 Å². The summed E-state index contributed by atoms with van der Waals surface area (Å²) in [6.07, 6.45) is 1.48. The van der Waals surface area contributed by atoms with Crippen LogP contribution >= 0.6 is 11.6 Å². The molecule has 0 spiro atoms. The van der Waals surface area contributed by atoms with Crippen LogP contribution < -0.4 is 10.1 Å². The van der Waals surface area contributed by atoms with E-state index in [0.717, 1.165) is 0 Å². The number of aromatic nitrogens is 2. The van der Waals surface area contributed by atoms with Crippen LogP contribution in [-0.4, -0.2) is 23.2 Å². The molecule has 0 aliphatic rings. The highest BCUT2D eigenvalue weighted by Gasteiger charge is 2.16. The number of rotatable bonds is 4. The van der Waals surface area contributed by atoms with Gasteiger partial charge in [0, 0.05) is 0 Å². The van der Waals surface area contributed by atoms with E-state index in [0.29, 0.717) is 11.5 Å². The second kappa shape index (κ2) is 5.90. The lowest BCUT2D eigenvalue weighted by atomic mass is 10.2. The summed E-state index contributed by atoms with van der Waals surface area (Å²) in [4.78, 5) is 12.1. The maximum absolute atomic E-state index is 12.1. The van der Waals surface area contributed by atoms with E-state index in [1.807, 2.05) is 0 Å². The number of hydrogen-bond donors (Lipinski definition) is 1. The van der Waals surface area contributed by atoms with Crippen molar-refractivity contribution >= 4 is 23.5 Å². The molecule has 7 nitrogen and oxygen atoms in total. The van der Waals surface area contributed by atoms with E-state index in [-0.39, 0.29) is 22.5 Å². The third kappa shape index (κ3) is 2.79. The molecule has 0 radical (unpaired) electrons. The monoisotopic (exact) mass is 319 g/mol. The van der Waals surface area contributed by atoms with E-state index in [2.05, 4.69) is 15.5 Å². The molecule has 112 valence electrons. The van der Waals surface area contributed by atoms with Gasteiger partial charge in [0.15, 0.2) is 5.76 Å². The van der Waals surface area contributed by atoms with Gasteiger partial charge in [-0.05, 0) is 30.3 Å². The Kier molecular flexibility index (Phi) is 3.80. The van der Waals surface area contributed by atoms with Gasteiger partial charge in [0.2, 0.25) is 0 Å². The standard InChI is InChI=1S/C14H10ClN3O4/c1-20-8-4-5-9(10(15)7-8)12(19)16-14-18-17-13(22-14)11-3-2-6-21-11/h2-7H,1H3,(H,16,18,19). The number of nitrogens with one attached hydrogen (secondary N) is 1. The molecule has 0 fully saturated rings. The summed E-state index contributed by atoms with van der Waals surface area (Å²) in [5.41, 5.74) is 0.264. The fourth-order valence-electron chi connectivity index (χ4n) is 1.74. The average molecular weight is 320 g/mol. The van der Waals surface area contributed by atoms with Crippen molar-refractivity contribution in [1.29, 1.82) is 0 Å². The molecule has 0 aliphatic carbocycles. The zero-order chi connectivity index (χ0) is 15.5. The maximum Gasteiger partial charge on any atom is 0.322 e. The smallest absolute Gasteiger partial charge is 0.322 e. The number of anilines is 1. The summed E-state index contributed by atoms with van der Waals surface area (Å²) in [6, 6.07) is 8.01. The second-order valence-corrected chi connectivity index (χ2v) is 4.60. The average Bonchev–Trinajstić information content (AvgIpc) is 3.17. The summed E-state index contributed by atoms with van der Waals surface area (Å²) >= 11 is 6.03. The summed E-state index contributed by atoms with van der Waals surface area (Å²) < 4.78 is 15.4. The first-order valence-electron chi connectivity index (χ1n) is 6.19. The van der Waals surface area contributed by atoms with Crippen LogP contribution in [0.2, 0.25) is 5.02 Å². The molecule has 1 aromatic carbocycles. The van der Waals surface area contributed by atoms with Gasteiger partial charge < -0.3 is 13.6 Å². The number of methoxy groups -OCH3 is 1. The lowest BCUT2D eigenvalue weighted by Crippen LogP contribution is -2.12. The number of ether oxygens (including phenoxy) is 1. The summed E-state index contributed by atoms with van der Waals surface area (Å²) in [5.74, 6) is 0.665. The zero-order valence-corrected chi connectivity index (χ0v) is 12.1. The van der Waals surface area contributed by atoms with Crippen LogP contribution in [0, 0.1) is 0 Å². The van der Waals surface area contributed by atoms with Gasteiger partial charge in [0.25, 0.3) is 11.8 Å². The first-order chi connectivity index (χ1) is 10.7. The summed E-state index contributed by atoms with van der Waals surface area (Å²) in [6.45, 7) is 0. The van der Waals surface area contributed by atoms with Gasteiger partial charge in [-0.25, -0.2) is 0 Å². The van der Waals surface area contributed by atoms with Crippen LogP contribution in [0.1, 0.15) is 10.4 Å². The third-order valence-corrected chi connectivity index (χ3v) is 3.11. The molecule has 2 aromatic heterocycles. The third-order valence-electron chi connectivity index (χ3n) is 2.80. The van der Waals surface area contributed by atoms with Gasteiger partial charge in [-0.15, -0.1) is 5.10 Å². The van der Waals surface area contributed by atoms with Crippen molar-refractivity contribution in [1.82, 2.24) is 10.2 Å². The first kappa shape index (κ1) is 14.2. The second-order valence-electron chi connectivity index (χ2n) is 4.19. The molecule has 3 rings (SSSR count). The van der Waals surface area contributed by atoms with Crippen molar-refractivity contribution in [3.8, 4) is 17.4 Å². The molecular formula is C14H10ClN3O4. The molecule has 22 heavy (non-hydrogen) atoms. The van der Waals surface area contributed by atoms with Gasteiger partial charge in [-0.1, -0.05) is 16.7 Å². The Morgan fingerprint density at radius 3 is 2.86 bits per heavy atom. The van der Waals surface area contributed by atoms with Crippen molar-refractivity contribution in [3.05, 3.63) is 47.2 Å². The van der Waals surface area contributed by atoms with Gasteiger partial charge in [0.1, 0.15) is 5.75 Å². The molecule has 0 aliphatic heterocycles. The molecule has 1 N–H and O–H groups in total. The summed E-state index contributed by atoms with van der Waals surface area (Å²) in [7, 11) is 1.51. The minimum Gasteiger partial charge on any atom is -0.497 e. The number of carbonyl (C=O) groups excluding carboxylic acids is 1. The number of halogens is 1. The van der Waals surface area contributed by atoms with Gasteiger partial charge in [-0.2, -0.15) is 0 Å². The number of benzene rings is 1. The molecule has 1 amide bonds. The topological polar surface area (TPSA) is 90.4 Å². The van der Waals surface area contributed by atoms with E-state index in [9.17, 15) is 4.79 Å². The van der Waals surface area contributed by atoms with Crippen LogP contribution in [0.3, 0.4) is 0 Å². The highest BCUT2D eigenvalue weighted by molar-refractivity contribution is 6.34. The van der Waals surface area contributed by atoms with Crippen LogP contribution in [0.15, 0.2) is 45.4 Å². The lowest BCUT2D eigenvalue weighted by Gasteiger charge is -2.05. The molecule has 0 atom stereocenters. The van der Waals surface area contributed by atoms with Crippen LogP contribution in [0.4, 0.5) is 6.01 Å². The molecule has 0 bridgehead atoms. The molecule has 2 heterocycles. The van der Waals surface area contributed by atoms with Crippen molar-refractivity contribution in [2.24, 2.45) is 0 Å². The Hall–Kier alpha value is -2.80. The highest BCUT2D eigenvalue weighted by atomic mass is 35.5. The van der Waals surface area contributed by atoms with Crippen molar-refractivity contribution in [3.63, 3.8) is 0 Å². The first-order valence-corrected chi connectivity index (χ1v) is 6.57. The number of nitrogens with zero attached hydrogens (tertiary/aromatic N) is 2. The van der Waals surface area contributed by atoms with Crippen molar-refractivity contribution in [2.45, 2.75) is 0 Å². The highest BCUT2D eigenvalue weighted by Crippen LogP contribution is 2.24. The summed E-state index contributed by atoms with van der Waals surface area (Å²) in [5, 5.41) is 10.2. The number of amides is 1. The normalized spacial score (nSPS) is 10.5. The van der Waals surface area contributed by atoms with Crippen LogP contribution in [-0.2, 0) is 0 Å². The van der Waals surface area contributed by atoms with E-state index < -0.39 is 5.91 Å². The number of furan rings is 1. The molecule has 8 heteroatoms. The predicted molar refractivity (Wildman–Crippen MR) is 78.0 cm³/mol. The molecular weight excluding hydrogens is 310 g/mol. The molecule has 0 saturated heterocycles. The Morgan fingerprint density at radius 2 is 2.18 bits per heavy atom. The quantitative estimate of drug-likeness (QED) is 0.793. The lowest BCUT2D eigenvalue weighted by molar-refractivity contribution is 0.102. The van der Waals surface area contributed by atoms with Crippen LogP contribution in [0.5, 0.6) is 5.75 Å². The van der Waals surface area contributed by atoms with Gasteiger partial charge in [-0.3, -0.25) is 10.1 Å². The Balaban J connectivity index is 1.77. The number of hydrogen-bond acceptors (Lipinski definition) is 6. The van der Waals surface area contributed by atoms with Crippen LogP contribution in [0.25, 0.3) is 11.7 Å². The van der Waals surface area contributed by atoms with Gasteiger partial charge in [0.05, 0.1) is 24.0 Å². The van der Waals surface area contributed by atoms with E-state index >= 15 is 0 Å². The minimum absolute atomic E-state index is 0.0525. The zero-order valence-electron chi connectivity index (χ0n) is 11.4. The molecule has 0 unspecified atom stereocenters. The predicted octanol–water partition coefficient (Wildman–Crippen LogP) is 3.24.